The van der Waals surface area contributed by atoms with Gasteiger partial charge in [-0.1, -0.05) is 29.8 Å². The van der Waals surface area contributed by atoms with Crippen LogP contribution in [0.4, 0.5) is 0 Å². The molecule has 4 rings (SSSR count). The molecule has 0 spiro atoms. The number of pyridine rings is 1. The van der Waals surface area contributed by atoms with Crippen LogP contribution in [0.3, 0.4) is 0 Å². The SMILES string of the molecule is COc1cccc(Cl)c1S(=O)(=O)c1ccc(CNC(=O)c2ccc3nccn3c2)cc1. The molecule has 0 aliphatic rings. The van der Waals surface area contributed by atoms with E-state index in [1.54, 1.807) is 59.4 Å². The predicted octanol–water partition coefficient (Wildman–Crippen LogP) is 3.76. The molecule has 0 fully saturated rings. The molecule has 1 N–H and O–H groups in total. The van der Waals surface area contributed by atoms with Crippen LogP contribution < -0.4 is 10.1 Å². The third kappa shape index (κ3) is 4.12. The molecule has 0 bridgehead atoms. The molecule has 1 amide bonds. The number of amides is 1. The van der Waals surface area contributed by atoms with Crippen molar-refractivity contribution in [2.24, 2.45) is 0 Å². The van der Waals surface area contributed by atoms with Crippen LogP contribution in [-0.4, -0.2) is 30.8 Å². The zero-order valence-corrected chi connectivity index (χ0v) is 18.0. The maximum atomic E-state index is 13.0. The number of sulfone groups is 1. The molecule has 31 heavy (non-hydrogen) atoms. The fraction of sp³-hybridized carbons (Fsp3) is 0.0909. The minimum Gasteiger partial charge on any atom is -0.495 e. The number of ether oxygens (including phenoxy) is 1. The third-order valence-corrected chi connectivity index (χ3v) is 7.04. The number of nitrogens with zero attached hydrogens (tertiary/aromatic N) is 2. The van der Waals surface area contributed by atoms with Gasteiger partial charge in [0.25, 0.3) is 5.91 Å². The van der Waals surface area contributed by atoms with Crippen molar-refractivity contribution in [1.29, 1.82) is 0 Å². The van der Waals surface area contributed by atoms with Gasteiger partial charge in [-0.15, -0.1) is 0 Å². The van der Waals surface area contributed by atoms with Gasteiger partial charge in [0.15, 0.2) is 0 Å². The van der Waals surface area contributed by atoms with Crippen LogP contribution in [0.1, 0.15) is 15.9 Å². The second-order valence-electron chi connectivity index (χ2n) is 6.71. The summed E-state index contributed by atoms with van der Waals surface area (Å²) in [5, 5.41) is 2.91. The lowest BCUT2D eigenvalue weighted by molar-refractivity contribution is 0.0950. The highest BCUT2D eigenvalue weighted by molar-refractivity contribution is 7.91. The van der Waals surface area contributed by atoms with E-state index >= 15 is 0 Å². The molecule has 4 aromatic rings. The third-order valence-electron chi connectivity index (χ3n) is 4.76. The first-order valence-electron chi connectivity index (χ1n) is 9.27. The molecule has 2 aromatic heterocycles. The molecular weight excluding hydrogens is 438 g/mol. The fourth-order valence-electron chi connectivity index (χ4n) is 3.15. The Kier molecular flexibility index (Phi) is 5.67. The predicted molar refractivity (Wildman–Crippen MR) is 116 cm³/mol. The minimum absolute atomic E-state index is 0.0740. The normalized spacial score (nSPS) is 11.4. The van der Waals surface area contributed by atoms with E-state index in [-0.39, 0.29) is 33.0 Å². The van der Waals surface area contributed by atoms with Crippen LogP contribution >= 0.6 is 11.6 Å². The summed E-state index contributed by atoms with van der Waals surface area (Å²) in [5.74, 6) is -0.0631. The summed E-state index contributed by atoms with van der Waals surface area (Å²) >= 11 is 6.13. The number of carbonyl (C=O) groups excluding carboxylic acids is 1. The molecule has 7 nitrogen and oxygen atoms in total. The number of hydrogen-bond donors (Lipinski definition) is 1. The highest BCUT2D eigenvalue weighted by atomic mass is 35.5. The van der Waals surface area contributed by atoms with E-state index in [1.807, 2.05) is 0 Å². The van der Waals surface area contributed by atoms with E-state index in [4.69, 9.17) is 16.3 Å². The molecule has 2 aromatic carbocycles. The van der Waals surface area contributed by atoms with Crippen molar-refractivity contribution in [2.75, 3.05) is 7.11 Å². The van der Waals surface area contributed by atoms with E-state index in [2.05, 4.69) is 10.3 Å². The zero-order chi connectivity index (χ0) is 22.0. The van der Waals surface area contributed by atoms with Crippen molar-refractivity contribution < 1.29 is 17.9 Å². The van der Waals surface area contributed by atoms with E-state index in [0.29, 0.717) is 5.56 Å². The number of benzene rings is 2. The van der Waals surface area contributed by atoms with Gasteiger partial charge in [-0.05, 0) is 42.0 Å². The Hall–Kier alpha value is -3.36. The van der Waals surface area contributed by atoms with Gasteiger partial charge in [0.2, 0.25) is 9.84 Å². The van der Waals surface area contributed by atoms with Crippen molar-refractivity contribution in [3.8, 4) is 5.75 Å². The van der Waals surface area contributed by atoms with Gasteiger partial charge >= 0.3 is 0 Å². The second kappa shape index (κ2) is 8.41. The Bertz CT molecular complexity index is 1370. The number of methoxy groups -OCH3 is 1. The molecule has 0 aliphatic heterocycles. The summed E-state index contributed by atoms with van der Waals surface area (Å²) in [5.41, 5.74) is 2.00. The lowest BCUT2D eigenvalue weighted by Gasteiger charge is -2.12. The van der Waals surface area contributed by atoms with Crippen LogP contribution in [0, 0.1) is 0 Å². The monoisotopic (exact) mass is 455 g/mol. The summed E-state index contributed by atoms with van der Waals surface area (Å²) in [6.45, 7) is 0.247. The Balaban J connectivity index is 1.50. The first kappa shape index (κ1) is 20.9. The molecule has 0 radical (unpaired) electrons. The zero-order valence-electron chi connectivity index (χ0n) is 16.4. The lowest BCUT2D eigenvalue weighted by Crippen LogP contribution is -2.23. The van der Waals surface area contributed by atoms with Gasteiger partial charge in [-0.2, -0.15) is 0 Å². The van der Waals surface area contributed by atoms with Gasteiger partial charge in [0, 0.05) is 25.1 Å². The summed E-state index contributed by atoms with van der Waals surface area (Å²) in [6.07, 6.45) is 5.12. The van der Waals surface area contributed by atoms with E-state index < -0.39 is 9.84 Å². The standard InChI is InChI=1S/C22H18ClN3O4S/c1-30-19-4-2-3-18(23)21(19)31(28,29)17-8-5-15(6-9-17)13-25-22(27)16-7-10-20-24-11-12-26(20)14-16/h2-12,14H,13H2,1H3,(H,25,27). The molecule has 0 saturated carbocycles. The Labute approximate surface area is 184 Å². The van der Waals surface area contributed by atoms with Crippen LogP contribution in [0.5, 0.6) is 5.75 Å². The maximum absolute atomic E-state index is 13.0. The lowest BCUT2D eigenvalue weighted by atomic mass is 10.2. The Morgan fingerprint density at radius 3 is 2.65 bits per heavy atom. The van der Waals surface area contributed by atoms with Crippen molar-refractivity contribution in [1.82, 2.24) is 14.7 Å². The van der Waals surface area contributed by atoms with E-state index in [9.17, 15) is 13.2 Å². The van der Waals surface area contributed by atoms with Crippen LogP contribution in [0.15, 0.2) is 83.0 Å². The van der Waals surface area contributed by atoms with Gasteiger partial charge in [0.1, 0.15) is 16.3 Å². The number of hydrogen-bond acceptors (Lipinski definition) is 5. The van der Waals surface area contributed by atoms with Gasteiger partial charge in [0.05, 0.1) is 22.6 Å². The van der Waals surface area contributed by atoms with Gasteiger partial charge in [-0.25, -0.2) is 13.4 Å². The number of rotatable bonds is 6. The number of aromatic nitrogens is 2. The molecule has 0 unspecified atom stereocenters. The summed E-state index contributed by atoms with van der Waals surface area (Å²) in [6, 6.07) is 14.4. The first-order valence-corrected chi connectivity index (χ1v) is 11.1. The van der Waals surface area contributed by atoms with E-state index in [1.165, 1.54) is 25.3 Å². The molecule has 0 aliphatic carbocycles. The van der Waals surface area contributed by atoms with E-state index in [0.717, 1.165) is 11.2 Å². The molecule has 0 saturated heterocycles. The van der Waals surface area contributed by atoms with Crippen LogP contribution in [0.25, 0.3) is 5.65 Å². The van der Waals surface area contributed by atoms with Crippen molar-refractivity contribution in [3.05, 3.63) is 89.3 Å². The number of nitrogens with one attached hydrogen (secondary N) is 1. The number of fused-ring (bicyclic) bond motifs is 1. The quantitative estimate of drug-likeness (QED) is 0.478. The largest absolute Gasteiger partial charge is 0.495 e. The molecule has 158 valence electrons. The number of halogens is 1. The van der Waals surface area contributed by atoms with Crippen molar-refractivity contribution in [3.63, 3.8) is 0 Å². The average molecular weight is 456 g/mol. The first-order chi connectivity index (χ1) is 14.9. The molecular formula is C22H18ClN3O4S. The number of carbonyl (C=O) groups is 1. The van der Waals surface area contributed by atoms with Gasteiger partial charge < -0.3 is 14.5 Å². The maximum Gasteiger partial charge on any atom is 0.253 e. The molecule has 9 heteroatoms. The Morgan fingerprint density at radius 1 is 1.13 bits per heavy atom. The van der Waals surface area contributed by atoms with Crippen molar-refractivity contribution >= 4 is 33.0 Å². The number of imidazole rings is 1. The van der Waals surface area contributed by atoms with Gasteiger partial charge in [-0.3, -0.25) is 4.79 Å². The van der Waals surface area contributed by atoms with Crippen LogP contribution in [0.2, 0.25) is 5.02 Å². The second-order valence-corrected chi connectivity index (χ2v) is 9.01. The summed E-state index contributed by atoms with van der Waals surface area (Å²) in [4.78, 5) is 16.6. The Morgan fingerprint density at radius 2 is 1.90 bits per heavy atom. The molecule has 0 atom stereocenters. The minimum atomic E-state index is -3.87. The smallest absolute Gasteiger partial charge is 0.253 e. The topological polar surface area (TPSA) is 89.8 Å². The van der Waals surface area contributed by atoms with Crippen molar-refractivity contribution in [2.45, 2.75) is 16.3 Å². The summed E-state index contributed by atoms with van der Waals surface area (Å²) in [7, 11) is -2.48. The fourth-order valence-corrected chi connectivity index (χ4v) is 5.10. The molecule has 2 heterocycles. The highest BCUT2D eigenvalue weighted by Crippen LogP contribution is 2.35. The average Bonchev–Trinajstić information content (AvgIpc) is 3.25. The summed E-state index contributed by atoms with van der Waals surface area (Å²) < 4.78 is 33.0. The highest BCUT2D eigenvalue weighted by Gasteiger charge is 2.25. The van der Waals surface area contributed by atoms with Crippen LogP contribution in [-0.2, 0) is 16.4 Å².